The quantitative estimate of drug-likeness (QED) is 0.753. The smallest absolute Gasteiger partial charge is 0.0453 e. The van der Waals surface area contributed by atoms with E-state index in [1.54, 1.807) is 5.57 Å². The summed E-state index contributed by atoms with van der Waals surface area (Å²) in [5.41, 5.74) is 2.76. The molecule has 0 aromatic heterocycles. The average Bonchev–Trinajstić information content (AvgIpc) is 2.42. The molecule has 1 aromatic rings. The van der Waals surface area contributed by atoms with E-state index < -0.39 is 0 Å². The third kappa shape index (κ3) is 4.52. The molecule has 1 N–H and O–H groups in total. The highest BCUT2D eigenvalue weighted by Gasteiger charge is 2.13. The van der Waals surface area contributed by atoms with Crippen molar-refractivity contribution in [1.82, 2.24) is 5.32 Å². The largest absolute Gasteiger partial charge is 0.316 e. The lowest BCUT2D eigenvalue weighted by molar-refractivity contribution is 0.532. The van der Waals surface area contributed by atoms with Crippen molar-refractivity contribution in [3.63, 3.8) is 0 Å². The molecule has 0 aliphatic heterocycles. The molecule has 0 radical (unpaired) electrons. The van der Waals surface area contributed by atoms with Crippen LogP contribution < -0.4 is 5.32 Å². The maximum Gasteiger partial charge on any atom is 0.0453 e. The highest BCUT2D eigenvalue weighted by Crippen LogP contribution is 2.25. The summed E-state index contributed by atoms with van der Waals surface area (Å²) in [5.74, 6) is 0. The van der Waals surface area contributed by atoms with Crippen molar-refractivity contribution in [2.45, 2.75) is 44.6 Å². The highest BCUT2D eigenvalue weighted by molar-refractivity contribution is 6.35. The second kappa shape index (κ2) is 7.33. The molecule has 19 heavy (non-hydrogen) atoms. The number of allylic oxidation sites excluding steroid dienone is 1. The van der Waals surface area contributed by atoms with Gasteiger partial charge in [-0.15, -0.1) is 0 Å². The minimum absolute atomic E-state index is 0.447. The molecule has 0 saturated carbocycles. The van der Waals surface area contributed by atoms with Gasteiger partial charge in [0.05, 0.1) is 0 Å². The van der Waals surface area contributed by atoms with Gasteiger partial charge in [0.1, 0.15) is 0 Å². The molecular formula is C16H21Cl2N. The zero-order valence-electron chi connectivity index (χ0n) is 11.4. The molecule has 1 nitrogen and oxygen atoms in total. The van der Waals surface area contributed by atoms with E-state index in [1.165, 1.54) is 31.2 Å². The van der Waals surface area contributed by atoms with Gasteiger partial charge in [-0.1, -0.05) is 40.9 Å². The third-order valence-electron chi connectivity index (χ3n) is 3.78. The highest BCUT2D eigenvalue weighted by atomic mass is 35.5. The standard InChI is InChI=1S/C16H21Cl2N/c1-19-15(9-12-5-3-2-4-6-12)10-13-7-8-14(17)11-16(13)18/h5,7-8,11,15,19H,2-4,6,9-10H2,1H3. The summed E-state index contributed by atoms with van der Waals surface area (Å²) in [6, 6.07) is 6.22. The van der Waals surface area contributed by atoms with Crippen LogP contribution in [0, 0.1) is 0 Å². The Balaban J connectivity index is 2.00. The third-order valence-corrected chi connectivity index (χ3v) is 4.37. The second-order valence-electron chi connectivity index (χ2n) is 5.24. The van der Waals surface area contributed by atoms with Gasteiger partial charge >= 0.3 is 0 Å². The summed E-state index contributed by atoms with van der Waals surface area (Å²) >= 11 is 12.2. The van der Waals surface area contributed by atoms with Crippen LogP contribution in [-0.4, -0.2) is 13.1 Å². The Morgan fingerprint density at radius 3 is 2.68 bits per heavy atom. The van der Waals surface area contributed by atoms with Gasteiger partial charge in [-0.3, -0.25) is 0 Å². The van der Waals surface area contributed by atoms with Crippen LogP contribution in [0.15, 0.2) is 29.8 Å². The fourth-order valence-corrected chi connectivity index (χ4v) is 3.12. The molecule has 1 aliphatic rings. The summed E-state index contributed by atoms with van der Waals surface area (Å²) < 4.78 is 0. The van der Waals surface area contributed by atoms with Crippen LogP contribution in [0.1, 0.15) is 37.7 Å². The van der Waals surface area contributed by atoms with Gasteiger partial charge in [0.2, 0.25) is 0 Å². The molecule has 0 spiro atoms. The Labute approximate surface area is 126 Å². The first-order chi connectivity index (χ1) is 9.19. The van der Waals surface area contributed by atoms with Crippen LogP contribution >= 0.6 is 23.2 Å². The number of nitrogens with one attached hydrogen (secondary N) is 1. The normalized spacial score (nSPS) is 17.1. The van der Waals surface area contributed by atoms with E-state index in [1.807, 2.05) is 25.2 Å². The Kier molecular flexibility index (Phi) is 5.75. The number of likely N-dealkylation sites (N-methyl/N-ethyl adjacent to an activating group) is 1. The first-order valence-corrected chi connectivity index (χ1v) is 7.73. The summed E-state index contributed by atoms with van der Waals surface area (Å²) in [7, 11) is 2.03. The van der Waals surface area contributed by atoms with Gasteiger partial charge in [0.25, 0.3) is 0 Å². The van der Waals surface area contributed by atoms with E-state index >= 15 is 0 Å². The monoisotopic (exact) mass is 297 g/mol. The van der Waals surface area contributed by atoms with Crippen LogP contribution in [0.5, 0.6) is 0 Å². The number of hydrogen-bond donors (Lipinski definition) is 1. The topological polar surface area (TPSA) is 12.0 Å². The van der Waals surface area contributed by atoms with Crippen LogP contribution in [0.2, 0.25) is 10.0 Å². The lowest BCUT2D eigenvalue weighted by Gasteiger charge is -2.21. The predicted molar refractivity (Wildman–Crippen MR) is 84.2 cm³/mol. The van der Waals surface area contributed by atoms with Gasteiger partial charge in [0.15, 0.2) is 0 Å². The lowest BCUT2D eigenvalue weighted by Crippen LogP contribution is -2.28. The second-order valence-corrected chi connectivity index (χ2v) is 6.08. The zero-order valence-corrected chi connectivity index (χ0v) is 12.9. The minimum atomic E-state index is 0.447. The maximum absolute atomic E-state index is 6.25. The van der Waals surface area contributed by atoms with Crippen molar-refractivity contribution >= 4 is 23.2 Å². The molecule has 2 rings (SSSR count). The lowest BCUT2D eigenvalue weighted by atomic mass is 9.92. The molecule has 0 saturated heterocycles. The fraction of sp³-hybridized carbons (Fsp3) is 0.500. The van der Waals surface area contributed by atoms with E-state index in [0.717, 1.165) is 17.9 Å². The Bertz CT molecular complexity index is 454. The van der Waals surface area contributed by atoms with E-state index in [2.05, 4.69) is 11.4 Å². The van der Waals surface area contributed by atoms with Crippen molar-refractivity contribution in [3.05, 3.63) is 45.5 Å². The van der Waals surface area contributed by atoms with Crippen molar-refractivity contribution in [2.24, 2.45) is 0 Å². The van der Waals surface area contributed by atoms with Gasteiger partial charge < -0.3 is 5.32 Å². The predicted octanol–water partition coefficient (Wildman–Crippen LogP) is 5.01. The van der Waals surface area contributed by atoms with Crippen molar-refractivity contribution in [3.8, 4) is 0 Å². The molecule has 0 amide bonds. The van der Waals surface area contributed by atoms with Crippen LogP contribution in [0.4, 0.5) is 0 Å². The Morgan fingerprint density at radius 2 is 2.05 bits per heavy atom. The van der Waals surface area contributed by atoms with E-state index in [9.17, 15) is 0 Å². The number of benzene rings is 1. The first-order valence-electron chi connectivity index (χ1n) is 6.98. The van der Waals surface area contributed by atoms with E-state index in [0.29, 0.717) is 11.1 Å². The van der Waals surface area contributed by atoms with Crippen LogP contribution in [0.3, 0.4) is 0 Å². The first kappa shape index (κ1) is 14.9. The molecule has 104 valence electrons. The van der Waals surface area contributed by atoms with Crippen molar-refractivity contribution in [2.75, 3.05) is 7.05 Å². The molecule has 0 bridgehead atoms. The van der Waals surface area contributed by atoms with E-state index in [-0.39, 0.29) is 0 Å². The molecule has 3 heteroatoms. The fourth-order valence-electron chi connectivity index (χ4n) is 2.64. The molecule has 1 aliphatic carbocycles. The Hall–Kier alpha value is -0.500. The number of rotatable bonds is 5. The van der Waals surface area contributed by atoms with Crippen LogP contribution in [0.25, 0.3) is 0 Å². The summed E-state index contributed by atoms with van der Waals surface area (Å²) in [6.45, 7) is 0. The summed E-state index contributed by atoms with van der Waals surface area (Å²) in [4.78, 5) is 0. The zero-order chi connectivity index (χ0) is 13.7. The average molecular weight is 298 g/mol. The van der Waals surface area contributed by atoms with Gasteiger partial charge in [-0.25, -0.2) is 0 Å². The minimum Gasteiger partial charge on any atom is -0.316 e. The van der Waals surface area contributed by atoms with E-state index in [4.69, 9.17) is 23.2 Å². The molecule has 1 aromatic carbocycles. The summed E-state index contributed by atoms with van der Waals surface area (Å²) in [6.07, 6.45) is 9.66. The van der Waals surface area contributed by atoms with Crippen LogP contribution in [-0.2, 0) is 6.42 Å². The summed E-state index contributed by atoms with van der Waals surface area (Å²) in [5, 5.41) is 4.87. The molecule has 1 unspecified atom stereocenters. The molecular weight excluding hydrogens is 277 g/mol. The van der Waals surface area contributed by atoms with Crippen molar-refractivity contribution < 1.29 is 0 Å². The van der Waals surface area contributed by atoms with Crippen molar-refractivity contribution in [1.29, 1.82) is 0 Å². The molecule has 0 fully saturated rings. The number of hydrogen-bond acceptors (Lipinski definition) is 1. The molecule has 0 heterocycles. The Morgan fingerprint density at radius 1 is 1.21 bits per heavy atom. The van der Waals surface area contributed by atoms with Gasteiger partial charge in [-0.05, 0) is 63.3 Å². The molecule has 1 atom stereocenters. The SMILES string of the molecule is CNC(CC1=CCCCC1)Cc1ccc(Cl)cc1Cl. The maximum atomic E-state index is 6.25. The van der Waals surface area contributed by atoms with Gasteiger partial charge in [0, 0.05) is 16.1 Å². The van der Waals surface area contributed by atoms with Gasteiger partial charge in [-0.2, -0.15) is 0 Å². The number of halogens is 2.